The molecule has 1 atom stereocenters. The van der Waals surface area contributed by atoms with E-state index in [2.05, 4.69) is 18.8 Å². The number of rotatable bonds is 7. The third-order valence-corrected chi connectivity index (χ3v) is 2.76. The Kier molecular flexibility index (Phi) is 4.98. The molecule has 1 N–H and O–H groups in total. The highest BCUT2D eigenvalue weighted by molar-refractivity contribution is 5.69. The minimum absolute atomic E-state index is 0.101. The van der Waals surface area contributed by atoms with Gasteiger partial charge < -0.3 is 9.67 Å². The molecule has 1 unspecified atom stereocenters. The maximum atomic E-state index is 10.7. The smallest absolute Gasteiger partial charge is 0.317 e. The fourth-order valence-corrected chi connectivity index (χ4v) is 1.55. The maximum Gasteiger partial charge on any atom is 0.317 e. The number of nitrogens with zero attached hydrogens (tertiary/aromatic N) is 3. The lowest BCUT2D eigenvalue weighted by molar-refractivity contribution is -0.138. The average Bonchev–Trinajstić information content (AvgIpc) is 2.75. The van der Waals surface area contributed by atoms with Crippen molar-refractivity contribution >= 4 is 5.97 Å². The molecular weight excluding hydrogens is 206 g/mol. The SMILES string of the molecule is CCC(C)N(CCn1ccnc1)CC(=O)O. The predicted octanol–water partition coefficient (Wildman–Crippen LogP) is 1.07. The van der Waals surface area contributed by atoms with Crippen LogP contribution >= 0.6 is 0 Å². The number of carboxylic acids is 1. The van der Waals surface area contributed by atoms with E-state index in [1.807, 2.05) is 15.7 Å². The molecule has 0 radical (unpaired) electrons. The second-order valence-electron chi connectivity index (χ2n) is 3.92. The van der Waals surface area contributed by atoms with Crippen LogP contribution in [-0.4, -0.2) is 44.7 Å². The lowest BCUT2D eigenvalue weighted by Crippen LogP contribution is -2.39. The number of carboxylic acid groups (broad SMARTS) is 1. The van der Waals surface area contributed by atoms with E-state index in [4.69, 9.17) is 5.11 Å². The van der Waals surface area contributed by atoms with Crippen LogP contribution in [0.2, 0.25) is 0 Å². The van der Waals surface area contributed by atoms with Crippen molar-refractivity contribution in [3.63, 3.8) is 0 Å². The maximum absolute atomic E-state index is 10.7. The van der Waals surface area contributed by atoms with E-state index in [1.165, 1.54) is 0 Å². The molecule has 1 rings (SSSR count). The minimum Gasteiger partial charge on any atom is -0.480 e. The Morgan fingerprint density at radius 1 is 1.62 bits per heavy atom. The molecule has 16 heavy (non-hydrogen) atoms. The average molecular weight is 225 g/mol. The van der Waals surface area contributed by atoms with Crippen molar-refractivity contribution in [2.75, 3.05) is 13.1 Å². The first-order valence-corrected chi connectivity index (χ1v) is 5.55. The fraction of sp³-hybridized carbons (Fsp3) is 0.636. The van der Waals surface area contributed by atoms with Crippen molar-refractivity contribution in [2.45, 2.75) is 32.9 Å². The van der Waals surface area contributed by atoms with Crippen molar-refractivity contribution in [2.24, 2.45) is 0 Å². The molecule has 1 heterocycles. The van der Waals surface area contributed by atoms with Gasteiger partial charge in [-0.25, -0.2) is 4.98 Å². The molecule has 5 nitrogen and oxygen atoms in total. The molecule has 90 valence electrons. The van der Waals surface area contributed by atoms with Crippen LogP contribution in [0.25, 0.3) is 0 Å². The molecule has 0 aliphatic carbocycles. The van der Waals surface area contributed by atoms with Gasteiger partial charge in [0.1, 0.15) is 0 Å². The van der Waals surface area contributed by atoms with Crippen LogP contribution < -0.4 is 0 Å². The van der Waals surface area contributed by atoms with Gasteiger partial charge in [-0.2, -0.15) is 0 Å². The van der Waals surface area contributed by atoms with E-state index >= 15 is 0 Å². The Morgan fingerprint density at radius 2 is 2.38 bits per heavy atom. The summed E-state index contributed by atoms with van der Waals surface area (Å²) in [6.45, 7) is 5.73. The van der Waals surface area contributed by atoms with Gasteiger partial charge in [0.15, 0.2) is 0 Å². The van der Waals surface area contributed by atoms with Crippen molar-refractivity contribution in [1.82, 2.24) is 14.5 Å². The number of aromatic nitrogens is 2. The number of imidazole rings is 1. The van der Waals surface area contributed by atoms with Gasteiger partial charge in [0.25, 0.3) is 0 Å². The van der Waals surface area contributed by atoms with Crippen LogP contribution in [0, 0.1) is 0 Å². The summed E-state index contributed by atoms with van der Waals surface area (Å²) < 4.78 is 1.96. The molecular formula is C11H19N3O2. The summed E-state index contributed by atoms with van der Waals surface area (Å²) in [5, 5.41) is 8.82. The van der Waals surface area contributed by atoms with Gasteiger partial charge in [-0.3, -0.25) is 9.69 Å². The highest BCUT2D eigenvalue weighted by Crippen LogP contribution is 2.03. The minimum atomic E-state index is -0.772. The Labute approximate surface area is 95.7 Å². The first kappa shape index (κ1) is 12.7. The lowest BCUT2D eigenvalue weighted by atomic mass is 10.2. The first-order chi connectivity index (χ1) is 7.63. The topological polar surface area (TPSA) is 58.4 Å². The van der Waals surface area contributed by atoms with E-state index in [9.17, 15) is 4.79 Å². The number of hydrogen-bond donors (Lipinski definition) is 1. The second kappa shape index (κ2) is 6.27. The van der Waals surface area contributed by atoms with Gasteiger partial charge in [-0.1, -0.05) is 6.92 Å². The van der Waals surface area contributed by atoms with E-state index in [0.29, 0.717) is 6.04 Å². The highest BCUT2D eigenvalue weighted by Gasteiger charge is 2.14. The predicted molar refractivity (Wildman–Crippen MR) is 61.2 cm³/mol. The zero-order valence-corrected chi connectivity index (χ0v) is 9.83. The fourth-order valence-electron chi connectivity index (χ4n) is 1.55. The third kappa shape index (κ3) is 4.02. The van der Waals surface area contributed by atoms with Gasteiger partial charge in [0.05, 0.1) is 12.9 Å². The standard InChI is InChI=1S/C11H19N3O2/c1-3-10(2)14(8-11(15)16)7-6-13-5-4-12-9-13/h4-5,9-10H,3,6-8H2,1-2H3,(H,15,16). The molecule has 0 amide bonds. The molecule has 0 aliphatic heterocycles. The molecule has 0 bridgehead atoms. The molecule has 1 aromatic heterocycles. The highest BCUT2D eigenvalue weighted by atomic mass is 16.4. The van der Waals surface area contributed by atoms with Gasteiger partial charge >= 0.3 is 5.97 Å². The first-order valence-electron chi connectivity index (χ1n) is 5.55. The number of aliphatic carboxylic acids is 1. The van der Waals surface area contributed by atoms with Crippen molar-refractivity contribution < 1.29 is 9.90 Å². The monoisotopic (exact) mass is 225 g/mol. The zero-order valence-electron chi connectivity index (χ0n) is 9.83. The van der Waals surface area contributed by atoms with E-state index < -0.39 is 5.97 Å². The van der Waals surface area contributed by atoms with Crippen LogP contribution in [0.1, 0.15) is 20.3 Å². The van der Waals surface area contributed by atoms with Crippen LogP contribution in [-0.2, 0) is 11.3 Å². The summed E-state index contributed by atoms with van der Waals surface area (Å²) in [5.74, 6) is -0.772. The third-order valence-electron chi connectivity index (χ3n) is 2.76. The Hall–Kier alpha value is -1.36. The largest absolute Gasteiger partial charge is 0.480 e. The quantitative estimate of drug-likeness (QED) is 0.754. The van der Waals surface area contributed by atoms with Crippen LogP contribution in [0.5, 0.6) is 0 Å². The van der Waals surface area contributed by atoms with Gasteiger partial charge in [0.2, 0.25) is 0 Å². The van der Waals surface area contributed by atoms with Crippen LogP contribution in [0.3, 0.4) is 0 Å². The summed E-state index contributed by atoms with van der Waals surface area (Å²) in [5.41, 5.74) is 0. The van der Waals surface area contributed by atoms with Crippen molar-refractivity contribution in [1.29, 1.82) is 0 Å². The molecule has 5 heteroatoms. The van der Waals surface area contributed by atoms with Crippen molar-refractivity contribution in [3.05, 3.63) is 18.7 Å². The summed E-state index contributed by atoms with van der Waals surface area (Å²) in [6, 6.07) is 0.291. The molecule has 1 aromatic rings. The van der Waals surface area contributed by atoms with E-state index in [-0.39, 0.29) is 6.54 Å². The Morgan fingerprint density at radius 3 is 2.88 bits per heavy atom. The lowest BCUT2D eigenvalue weighted by Gasteiger charge is -2.26. The zero-order chi connectivity index (χ0) is 12.0. The summed E-state index contributed by atoms with van der Waals surface area (Å²) in [7, 11) is 0. The van der Waals surface area contributed by atoms with Crippen LogP contribution in [0.15, 0.2) is 18.7 Å². The Balaban J connectivity index is 2.46. The number of carbonyl (C=O) groups is 1. The molecule has 0 aliphatic rings. The van der Waals surface area contributed by atoms with Gasteiger partial charge in [0, 0.05) is 31.5 Å². The molecule has 0 aromatic carbocycles. The van der Waals surface area contributed by atoms with Crippen molar-refractivity contribution in [3.8, 4) is 0 Å². The van der Waals surface area contributed by atoms with Gasteiger partial charge in [-0.05, 0) is 13.3 Å². The second-order valence-corrected chi connectivity index (χ2v) is 3.92. The van der Waals surface area contributed by atoms with E-state index in [0.717, 1.165) is 19.5 Å². The van der Waals surface area contributed by atoms with E-state index in [1.54, 1.807) is 12.5 Å². The summed E-state index contributed by atoms with van der Waals surface area (Å²) >= 11 is 0. The van der Waals surface area contributed by atoms with Crippen LogP contribution in [0.4, 0.5) is 0 Å². The Bertz CT molecular complexity index is 311. The number of hydrogen-bond acceptors (Lipinski definition) is 3. The summed E-state index contributed by atoms with van der Waals surface area (Å²) in [6.07, 6.45) is 6.31. The molecule has 0 spiro atoms. The molecule has 0 saturated carbocycles. The summed E-state index contributed by atoms with van der Waals surface area (Å²) in [4.78, 5) is 16.7. The molecule has 0 fully saturated rings. The molecule has 0 saturated heterocycles. The van der Waals surface area contributed by atoms with Gasteiger partial charge in [-0.15, -0.1) is 0 Å². The normalized spacial score (nSPS) is 12.9.